The fourth-order valence-corrected chi connectivity index (χ4v) is 7.25. The second kappa shape index (κ2) is 11.7. The smallest absolute Gasteiger partial charge is 0.328 e. The van der Waals surface area contributed by atoms with Crippen molar-refractivity contribution >= 4 is 31.4 Å². The Kier molecular flexibility index (Phi) is 9.34. The van der Waals surface area contributed by atoms with Crippen LogP contribution in [0.4, 0.5) is 4.11 Å². The maximum absolute atomic E-state index is 15.7. The summed E-state index contributed by atoms with van der Waals surface area (Å²) in [6.45, 7) is 7.27. The first kappa shape index (κ1) is 26.3. The molecular formula is C25H33FN2O4Si. The average Bonchev–Trinajstić information content (AvgIpc) is 2.81. The Morgan fingerprint density at radius 3 is 2.03 bits per heavy atom. The monoisotopic (exact) mass is 471 g/mol. The largest absolute Gasteiger partial charge is 0.467 e. The van der Waals surface area contributed by atoms with Crippen LogP contribution in [0.3, 0.4) is 0 Å². The van der Waals surface area contributed by atoms with Gasteiger partial charge < -0.3 is 19.5 Å². The molecule has 1 atom stereocenters. The highest BCUT2D eigenvalue weighted by Crippen LogP contribution is 2.33. The first-order valence-electron chi connectivity index (χ1n) is 11.1. The van der Waals surface area contributed by atoms with Crippen molar-refractivity contribution in [3.05, 3.63) is 65.7 Å². The third-order valence-corrected chi connectivity index (χ3v) is 10.4. The molecule has 178 valence electrons. The zero-order chi connectivity index (χ0) is 24.6. The Bertz CT molecular complexity index is 941. The number of ether oxygens (including phenoxy) is 1. The molecule has 6 nitrogen and oxygen atoms in total. The molecule has 8 heteroatoms. The molecule has 0 aliphatic heterocycles. The van der Waals surface area contributed by atoms with E-state index in [0.717, 1.165) is 5.56 Å². The normalized spacial score (nSPS) is 12.4. The van der Waals surface area contributed by atoms with E-state index in [1.807, 2.05) is 58.0 Å². The minimum atomic E-state index is -3.18. The fourth-order valence-electron chi connectivity index (χ4n) is 3.90. The molecule has 0 aromatic heterocycles. The molecule has 0 bridgehead atoms. The zero-order valence-electron chi connectivity index (χ0n) is 19.9. The van der Waals surface area contributed by atoms with Gasteiger partial charge in [-0.05, 0) is 34.0 Å². The van der Waals surface area contributed by atoms with Crippen LogP contribution >= 0.6 is 0 Å². The average molecular weight is 472 g/mol. The van der Waals surface area contributed by atoms with E-state index in [0.29, 0.717) is 10.8 Å². The van der Waals surface area contributed by atoms with Gasteiger partial charge in [-0.15, -0.1) is 0 Å². The van der Waals surface area contributed by atoms with E-state index in [2.05, 4.69) is 10.6 Å². The second-order valence-corrected chi connectivity index (χ2v) is 13.1. The van der Waals surface area contributed by atoms with Crippen molar-refractivity contribution in [3.63, 3.8) is 0 Å². The van der Waals surface area contributed by atoms with E-state index in [9.17, 15) is 14.4 Å². The summed E-state index contributed by atoms with van der Waals surface area (Å²) in [6.07, 6.45) is 0.273. The molecule has 2 aromatic carbocycles. The molecule has 0 unspecified atom stereocenters. The Labute approximate surface area is 196 Å². The second-order valence-electron chi connectivity index (χ2n) is 8.67. The van der Waals surface area contributed by atoms with Gasteiger partial charge in [0.2, 0.25) is 5.91 Å². The summed E-state index contributed by atoms with van der Waals surface area (Å²) in [5.41, 5.74) is 1.04. The number of benzene rings is 2. The van der Waals surface area contributed by atoms with Gasteiger partial charge in [-0.3, -0.25) is 9.59 Å². The quantitative estimate of drug-likeness (QED) is 0.316. The number of rotatable bonds is 10. The topological polar surface area (TPSA) is 84.5 Å². The number of carbonyl (C=O) groups is 3. The number of carbonyl (C=O) groups excluding carboxylic acids is 3. The highest BCUT2D eigenvalue weighted by atomic mass is 28.4. The van der Waals surface area contributed by atoms with Gasteiger partial charge in [-0.25, -0.2) is 4.79 Å². The van der Waals surface area contributed by atoms with Gasteiger partial charge in [-0.1, -0.05) is 70.2 Å². The Hall–Kier alpha value is -3.00. The van der Waals surface area contributed by atoms with Crippen LogP contribution in [0, 0.1) is 0 Å². The number of amides is 2. The van der Waals surface area contributed by atoms with E-state index in [4.69, 9.17) is 4.74 Å². The SMILES string of the molecule is COC(=O)[C@H](Cc1ccccc1)NC(=O)CNC(=O)c1ccc([Si]([18F])(C(C)C)C(C)C)cc1. The van der Waals surface area contributed by atoms with Crippen LogP contribution in [0.2, 0.25) is 11.1 Å². The van der Waals surface area contributed by atoms with Crippen molar-refractivity contribution in [1.82, 2.24) is 10.6 Å². The Morgan fingerprint density at radius 1 is 0.939 bits per heavy atom. The van der Waals surface area contributed by atoms with Crippen molar-refractivity contribution in [3.8, 4) is 0 Å². The maximum atomic E-state index is 15.7. The third kappa shape index (κ3) is 6.74. The van der Waals surface area contributed by atoms with Crippen molar-refractivity contribution in [2.75, 3.05) is 13.7 Å². The van der Waals surface area contributed by atoms with Crippen molar-refractivity contribution in [2.45, 2.75) is 51.2 Å². The predicted molar refractivity (Wildman–Crippen MR) is 130 cm³/mol. The van der Waals surface area contributed by atoms with Crippen LogP contribution in [-0.4, -0.2) is 45.9 Å². The summed E-state index contributed by atoms with van der Waals surface area (Å²) in [5, 5.41) is 5.80. The molecule has 0 spiro atoms. The lowest BCUT2D eigenvalue weighted by molar-refractivity contribution is -0.144. The lowest BCUT2D eigenvalue weighted by atomic mass is 10.1. The molecule has 0 saturated heterocycles. The standard InChI is InChI=1S/C25H33FN2O4Si/c1-17(2)33(26,18(3)4)21-13-11-20(12-14-21)24(30)27-16-23(29)28-22(25(31)32-5)15-19-9-7-6-8-10-19/h6-14,17-18,22H,15-16H2,1-5H3,(H,27,30)(H,28,29)/t22-/m0/s1/i26-1. The number of nitrogens with one attached hydrogen (secondary N) is 2. The van der Waals surface area contributed by atoms with E-state index in [-0.39, 0.29) is 24.0 Å². The molecule has 2 amide bonds. The first-order valence-corrected chi connectivity index (χ1v) is 13.1. The van der Waals surface area contributed by atoms with E-state index < -0.39 is 32.2 Å². The summed E-state index contributed by atoms with van der Waals surface area (Å²) in [6, 6.07) is 14.9. The van der Waals surface area contributed by atoms with Gasteiger partial charge in [0.25, 0.3) is 14.3 Å². The molecule has 0 radical (unpaired) electrons. The summed E-state index contributed by atoms with van der Waals surface area (Å²) in [4.78, 5) is 36.9. The minimum Gasteiger partial charge on any atom is -0.467 e. The van der Waals surface area contributed by atoms with Gasteiger partial charge in [0.05, 0.1) is 13.7 Å². The van der Waals surface area contributed by atoms with E-state index in [1.54, 1.807) is 24.3 Å². The molecule has 2 rings (SSSR count). The predicted octanol–water partition coefficient (Wildman–Crippen LogP) is 3.26. The maximum Gasteiger partial charge on any atom is 0.328 e. The summed E-state index contributed by atoms with van der Waals surface area (Å²) < 4.78 is 20.5. The number of halogens is 1. The highest BCUT2D eigenvalue weighted by Gasteiger charge is 2.43. The molecule has 2 N–H and O–H groups in total. The summed E-state index contributed by atoms with van der Waals surface area (Å²) in [5.74, 6) is -1.53. The molecular weight excluding hydrogens is 438 g/mol. The van der Waals surface area contributed by atoms with Crippen LogP contribution in [0.25, 0.3) is 0 Å². The van der Waals surface area contributed by atoms with Crippen LogP contribution in [0.15, 0.2) is 54.6 Å². The fraction of sp³-hybridized carbons (Fsp3) is 0.400. The zero-order valence-corrected chi connectivity index (χ0v) is 20.9. The van der Waals surface area contributed by atoms with Crippen LogP contribution < -0.4 is 15.8 Å². The van der Waals surface area contributed by atoms with Gasteiger partial charge in [-0.2, -0.15) is 0 Å². The Morgan fingerprint density at radius 2 is 1.52 bits per heavy atom. The molecule has 2 aromatic rings. The molecule has 0 aliphatic rings. The van der Waals surface area contributed by atoms with Crippen molar-refractivity contribution < 1.29 is 23.2 Å². The van der Waals surface area contributed by atoms with Gasteiger partial charge in [0.15, 0.2) is 0 Å². The van der Waals surface area contributed by atoms with Crippen LogP contribution in [-0.2, 0) is 20.7 Å². The third-order valence-electron chi connectivity index (χ3n) is 5.78. The van der Waals surface area contributed by atoms with Gasteiger partial charge in [0.1, 0.15) is 6.04 Å². The van der Waals surface area contributed by atoms with Crippen LogP contribution in [0.1, 0.15) is 43.6 Å². The molecule has 0 fully saturated rings. The number of esters is 1. The molecule has 0 saturated carbocycles. The minimum absolute atomic E-state index is 0.0838. The van der Waals surface area contributed by atoms with Crippen molar-refractivity contribution in [1.29, 1.82) is 0 Å². The molecule has 33 heavy (non-hydrogen) atoms. The van der Waals surface area contributed by atoms with Crippen molar-refractivity contribution in [2.24, 2.45) is 0 Å². The van der Waals surface area contributed by atoms with Gasteiger partial charge >= 0.3 is 5.97 Å². The van der Waals surface area contributed by atoms with E-state index in [1.165, 1.54) is 7.11 Å². The summed E-state index contributed by atoms with van der Waals surface area (Å²) in [7, 11) is -1.92. The molecule has 0 heterocycles. The first-order chi connectivity index (χ1) is 15.6. The van der Waals surface area contributed by atoms with Crippen LogP contribution in [0.5, 0.6) is 0 Å². The van der Waals surface area contributed by atoms with Gasteiger partial charge in [0, 0.05) is 12.0 Å². The number of methoxy groups -OCH3 is 1. The van der Waals surface area contributed by atoms with E-state index >= 15 is 4.11 Å². The lowest BCUT2D eigenvalue weighted by Crippen LogP contribution is -2.49. The number of hydrogen-bond donors (Lipinski definition) is 2. The highest BCUT2D eigenvalue weighted by molar-refractivity contribution is 6.88. The Balaban J connectivity index is 1.98. The molecule has 0 aliphatic carbocycles. The number of hydrogen-bond acceptors (Lipinski definition) is 4. The summed E-state index contributed by atoms with van der Waals surface area (Å²) >= 11 is 0. The lowest BCUT2D eigenvalue weighted by Gasteiger charge is -2.30.